The number of ether oxygens (including phenoxy) is 2. The van der Waals surface area contributed by atoms with Gasteiger partial charge in [-0.2, -0.15) is 0 Å². The number of halogens is 1. The molecule has 0 bridgehead atoms. The molecule has 11 heteroatoms. The first-order valence-electron chi connectivity index (χ1n) is 15.2. The molecule has 1 atom stereocenters. The van der Waals surface area contributed by atoms with Crippen molar-refractivity contribution in [1.29, 1.82) is 0 Å². The monoisotopic (exact) mass is 655 g/mol. The molecule has 0 unspecified atom stereocenters. The van der Waals surface area contributed by atoms with Crippen LogP contribution in [-0.2, 0) is 26.2 Å². The zero-order valence-electron chi connectivity index (χ0n) is 26.3. The van der Waals surface area contributed by atoms with Gasteiger partial charge in [0.15, 0.2) is 0 Å². The van der Waals surface area contributed by atoms with Crippen LogP contribution in [0.25, 0.3) is 0 Å². The van der Waals surface area contributed by atoms with Gasteiger partial charge >= 0.3 is 0 Å². The Labute approximate surface area is 271 Å². The van der Waals surface area contributed by atoms with Crippen LogP contribution < -0.4 is 19.1 Å². The molecule has 0 aromatic heterocycles. The Kier molecular flexibility index (Phi) is 11.7. The fourth-order valence-electron chi connectivity index (χ4n) is 5.61. The van der Waals surface area contributed by atoms with Crippen LogP contribution in [0.5, 0.6) is 11.5 Å². The predicted molar refractivity (Wildman–Crippen MR) is 176 cm³/mol. The number of nitrogens with one attached hydrogen (secondary N) is 1. The van der Waals surface area contributed by atoms with Gasteiger partial charge in [0.05, 0.1) is 29.8 Å². The molecule has 0 radical (unpaired) electrons. The number of hydrogen-bond acceptors (Lipinski definition) is 6. The molecule has 0 heterocycles. The van der Waals surface area contributed by atoms with Gasteiger partial charge in [0, 0.05) is 12.6 Å². The number of carbonyl (C=O) groups is 2. The molecule has 0 spiro atoms. The number of amides is 2. The lowest BCUT2D eigenvalue weighted by Gasteiger charge is -2.34. The van der Waals surface area contributed by atoms with Crippen LogP contribution in [0.15, 0.2) is 71.6 Å². The van der Waals surface area contributed by atoms with E-state index >= 15 is 0 Å². The minimum Gasteiger partial charge on any atom is -0.497 e. The Balaban J connectivity index is 1.74. The van der Waals surface area contributed by atoms with E-state index in [1.165, 1.54) is 30.2 Å². The third-order valence-corrected chi connectivity index (χ3v) is 10.2. The van der Waals surface area contributed by atoms with E-state index < -0.39 is 28.5 Å². The second-order valence-corrected chi connectivity index (χ2v) is 13.6. The highest BCUT2D eigenvalue weighted by Gasteiger charge is 2.34. The van der Waals surface area contributed by atoms with E-state index in [0.717, 1.165) is 47.5 Å². The van der Waals surface area contributed by atoms with Crippen LogP contribution in [0.4, 0.5) is 5.69 Å². The molecule has 4 rings (SSSR count). The average molecular weight is 656 g/mol. The van der Waals surface area contributed by atoms with Crippen LogP contribution in [-0.4, -0.2) is 58.0 Å². The van der Waals surface area contributed by atoms with Crippen LogP contribution in [0.1, 0.15) is 56.6 Å². The summed E-state index contributed by atoms with van der Waals surface area (Å²) in [7, 11) is -1.21. The van der Waals surface area contributed by atoms with E-state index in [1.54, 1.807) is 43.5 Å². The molecule has 1 fully saturated rings. The van der Waals surface area contributed by atoms with E-state index in [9.17, 15) is 18.0 Å². The lowest BCUT2D eigenvalue weighted by atomic mass is 9.95. The van der Waals surface area contributed by atoms with Gasteiger partial charge in [-0.05, 0) is 74.2 Å². The summed E-state index contributed by atoms with van der Waals surface area (Å²) in [5, 5.41) is 3.35. The molecule has 9 nitrogen and oxygen atoms in total. The summed E-state index contributed by atoms with van der Waals surface area (Å²) in [4.78, 5) is 29.6. The third-order valence-electron chi connectivity index (χ3n) is 8.14. The maximum atomic E-state index is 14.4. The molecule has 45 heavy (non-hydrogen) atoms. The molecule has 1 aliphatic carbocycles. The summed E-state index contributed by atoms with van der Waals surface area (Å²) in [6.07, 6.45) is 5.37. The van der Waals surface area contributed by atoms with Gasteiger partial charge in [-0.15, -0.1) is 0 Å². The highest BCUT2D eigenvalue weighted by atomic mass is 35.5. The van der Waals surface area contributed by atoms with Crippen LogP contribution in [0, 0.1) is 6.92 Å². The Bertz CT molecular complexity index is 1570. The Morgan fingerprint density at radius 1 is 0.978 bits per heavy atom. The van der Waals surface area contributed by atoms with Crippen LogP contribution in [0.3, 0.4) is 0 Å². The standard InChI is InChI=1S/C34H42ClN3O6S/c1-5-31(34(40)36-26-11-7-6-8-12-26)37(22-25-10-9-13-28(20-25)43-3)33(39)23-38(27-16-19-32(44-4)30(35)21-27)45(41,42)29-17-14-24(2)15-18-29/h9-10,13-21,26,31H,5-8,11-12,22-23H2,1-4H3,(H,36,40)/t31-/m0/s1. The van der Waals surface area contributed by atoms with Crippen molar-refractivity contribution < 1.29 is 27.5 Å². The fraction of sp³-hybridized carbons (Fsp3) is 0.412. The third kappa shape index (κ3) is 8.49. The summed E-state index contributed by atoms with van der Waals surface area (Å²) in [5.41, 5.74) is 1.83. The molecule has 242 valence electrons. The van der Waals surface area contributed by atoms with Crippen LogP contribution in [0.2, 0.25) is 5.02 Å². The second kappa shape index (κ2) is 15.5. The summed E-state index contributed by atoms with van der Waals surface area (Å²) in [6.45, 7) is 3.23. The first-order chi connectivity index (χ1) is 21.6. The highest BCUT2D eigenvalue weighted by molar-refractivity contribution is 7.92. The predicted octanol–water partition coefficient (Wildman–Crippen LogP) is 6.12. The first kappa shape index (κ1) is 34.1. The number of methoxy groups -OCH3 is 2. The van der Waals surface area contributed by atoms with Crippen molar-refractivity contribution in [3.8, 4) is 11.5 Å². The van der Waals surface area contributed by atoms with Crippen molar-refractivity contribution in [3.05, 3.63) is 82.9 Å². The van der Waals surface area contributed by atoms with Crippen molar-refractivity contribution in [1.82, 2.24) is 10.2 Å². The van der Waals surface area contributed by atoms with Crippen molar-refractivity contribution in [2.75, 3.05) is 25.1 Å². The van der Waals surface area contributed by atoms with E-state index in [1.807, 2.05) is 26.0 Å². The van der Waals surface area contributed by atoms with Crippen molar-refractivity contribution in [2.45, 2.75) is 75.9 Å². The minimum absolute atomic E-state index is 0.0225. The summed E-state index contributed by atoms with van der Waals surface area (Å²) in [6, 6.07) is 17.5. The first-order valence-corrected chi connectivity index (χ1v) is 17.0. The second-order valence-electron chi connectivity index (χ2n) is 11.3. The maximum Gasteiger partial charge on any atom is 0.264 e. The van der Waals surface area contributed by atoms with Gasteiger partial charge in [-0.3, -0.25) is 13.9 Å². The molecule has 1 aliphatic rings. The van der Waals surface area contributed by atoms with E-state index in [2.05, 4.69) is 5.32 Å². The van der Waals surface area contributed by atoms with Gasteiger partial charge in [0.2, 0.25) is 11.8 Å². The van der Waals surface area contributed by atoms with Gasteiger partial charge in [-0.25, -0.2) is 8.42 Å². The SMILES string of the molecule is CC[C@@H](C(=O)NC1CCCCC1)N(Cc1cccc(OC)c1)C(=O)CN(c1ccc(OC)c(Cl)c1)S(=O)(=O)c1ccc(C)cc1. The van der Waals surface area contributed by atoms with E-state index in [0.29, 0.717) is 17.9 Å². The maximum absolute atomic E-state index is 14.4. The zero-order valence-corrected chi connectivity index (χ0v) is 27.9. The number of hydrogen-bond donors (Lipinski definition) is 1. The molecule has 1 N–H and O–H groups in total. The quantitative estimate of drug-likeness (QED) is 0.238. The molecule has 3 aromatic rings. The number of carbonyl (C=O) groups excluding carboxylic acids is 2. The Morgan fingerprint density at radius 3 is 2.31 bits per heavy atom. The lowest BCUT2D eigenvalue weighted by molar-refractivity contribution is -0.140. The number of aryl methyl sites for hydroxylation is 1. The molecule has 0 saturated heterocycles. The average Bonchev–Trinajstić information content (AvgIpc) is 3.04. The van der Waals surface area contributed by atoms with E-state index in [-0.39, 0.29) is 34.1 Å². The number of rotatable bonds is 13. The smallest absolute Gasteiger partial charge is 0.264 e. The molecular weight excluding hydrogens is 614 g/mol. The number of anilines is 1. The molecular formula is C34H42ClN3O6S. The van der Waals surface area contributed by atoms with Crippen molar-refractivity contribution in [2.24, 2.45) is 0 Å². The van der Waals surface area contributed by atoms with Crippen molar-refractivity contribution >= 4 is 39.1 Å². The van der Waals surface area contributed by atoms with Gasteiger partial charge in [-0.1, -0.05) is 67.6 Å². The molecule has 1 saturated carbocycles. The zero-order chi connectivity index (χ0) is 32.6. The van der Waals surface area contributed by atoms with Crippen LogP contribution >= 0.6 is 11.6 Å². The largest absolute Gasteiger partial charge is 0.497 e. The van der Waals surface area contributed by atoms with E-state index in [4.69, 9.17) is 21.1 Å². The normalized spacial score (nSPS) is 14.3. The number of benzene rings is 3. The Hall–Kier alpha value is -3.76. The number of nitrogens with zero attached hydrogens (tertiary/aromatic N) is 2. The molecule has 0 aliphatic heterocycles. The fourth-order valence-corrected chi connectivity index (χ4v) is 7.27. The highest BCUT2D eigenvalue weighted by Crippen LogP contribution is 2.32. The van der Waals surface area contributed by atoms with Crippen molar-refractivity contribution in [3.63, 3.8) is 0 Å². The summed E-state index contributed by atoms with van der Waals surface area (Å²) >= 11 is 6.43. The molecule has 2 amide bonds. The molecule has 3 aromatic carbocycles. The minimum atomic E-state index is -4.23. The van der Waals surface area contributed by atoms with Gasteiger partial charge < -0.3 is 19.7 Å². The topological polar surface area (TPSA) is 105 Å². The summed E-state index contributed by atoms with van der Waals surface area (Å²) in [5.74, 6) is 0.188. The van der Waals surface area contributed by atoms with Gasteiger partial charge in [0.1, 0.15) is 24.1 Å². The van der Waals surface area contributed by atoms with Gasteiger partial charge in [0.25, 0.3) is 10.0 Å². The summed E-state index contributed by atoms with van der Waals surface area (Å²) < 4.78 is 40.0. The Morgan fingerprint density at radius 2 is 1.69 bits per heavy atom. The lowest BCUT2D eigenvalue weighted by Crippen LogP contribution is -2.54. The number of sulfonamides is 1.